The zero-order chi connectivity index (χ0) is 9.72. The third-order valence-electron chi connectivity index (χ3n) is 1.30. The molecule has 3 atom stereocenters. The summed E-state index contributed by atoms with van der Waals surface area (Å²) in [4.78, 5) is 0. The van der Waals surface area contributed by atoms with E-state index in [-0.39, 0.29) is 0 Å². The maximum absolute atomic E-state index is 11.6. The lowest BCUT2D eigenvalue weighted by Gasteiger charge is -2.19. The van der Waals surface area contributed by atoms with E-state index in [1.165, 1.54) is 0 Å². The molecular weight excluding hydrogens is 190 g/mol. The van der Waals surface area contributed by atoms with Crippen LogP contribution < -0.4 is 0 Å². The Morgan fingerprint density at radius 3 is 2.08 bits per heavy atom. The number of alkyl halides is 2. The minimum absolute atomic E-state index is 0.805. The molecule has 0 rings (SSSR count). The molecule has 72 valence electrons. The van der Waals surface area contributed by atoms with Crippen LogP contribution in [0.15, 0.2) is 0 Å². The van der Waals surface area contributed by atoms with E-state index in [1.807, 2.05) is 0 Å². The van der Waals surface area contributed by atoms with Gasteiger partial charge in [0, 0.05) is 11.8 Å². The third-order valence-corrected chi connectivity index (χ3v) is 1.58. The number of aliphatic hydroxyl groups is 3. The summed E-state index contributed by atoms with van der Waals surface area (Å²) < 4.78 is 23.2. The second-order valence-electron chi connectivity index (χ2n) is 2.31. The molecule has 0 radical (unpaired) electrons. The van der Waals surface area contributed by atoms with Crippen molar-refractivity contribution in [1.82, 2.24) is 0 Å². The zero-order valence-electron chi connectivity index (χ0n) is 6.10. The number of thiocarbonyl (C=S) groups is 1. The van der Waals surface area contributed by atoms with Gasteiger partial charge in [-0.05, 0) is 0 Å². The van der Waals surface area contributed by atoms with Gasteiger partial charge in [0.15, 0.2) is 0 Å². The van der Waals surface area contributed by atoms with Crippen LogP contribution in [0.5, 0.6) is 0 Å². The van der Waals surface area contributed by atoms with E-state index >= 15 is 0 Å². The van der Waals surface area contributed by atoms with E-state index in [2.05, 4.69) is 12.2 Å². The summed E-state index contributed by atoms with van der Waals surface area (Å²) in [5.41, 5.74) is 0. The molecule has 0 aromatic rings. The van der Waals surface area contributed by atoms with Gasteiger partial charge in [-0.3, -0.25) is 0 Å². The molecule has 0 heterocycles. The van der Waals surface area contributed by atoms with Crippen LogP contribution in [0.4, 0.5) is 8.78 Å². The van der Waals surface area contributed by atoms with Crippen LogP contribution in [0.1, 0.15) is 6.42 Å². The number of aliphatic hydroxyl groups excluding tert-OH is 3. The minimum atomic E-state index is -2.72. The van der Waals surface area contributed by atoms with Crippen LogP contribution in [0, 0.1) is 0 Å². The largest absolute Gasteiger partial charge is 0.390 e. The molecule has 0 saturated carbocycles. The first-order valence-corrected chi connectivity index (χ1v) is 3.73. The molecule has 0 aliphatic rings. The van der Waals surface area contributed by atoms with Crippen LogP contribution in [0.3, 0.4) is 0 Å². The molecule has 3 nitrogen and oxygen atoms in total. The topological polar surface area (TPSA) is 60.7 Å². The van der Waals surface area contributed by atoms with Gasteiger partial charge in [0.1, 0.15) is 12.2 Å². The number of hydrogen-bond donors (Lipinski definition) is 3. The summed E-state index contributed by atoms with van der Waals surface area (Å²) in [5.74, 6) is 0. The SMILES string of the molecule is O[C@H]([C@H](O)CC(F)F)[C@@H](O)C=S. The Morgan fingerprint density at radius 1 is 1.25 bits per heavy atom. The fourth-order valence-corrected chi connectivity index (χ4v) is 0.791. The molecule has 0 aliphatic heterocycles. The van der Waals surface area contributed by atoms with E-state index in [0.29, 0.717) is 0 Å². The van der Waals surface area contributed by atoms with Gasteiger partial charge in [0.2, 0.25) is 6.43 Å². The van der Waals surface area contributed by atoms with Crippen LogP contribution in [-0.4, -0.2) is 45.4 Å². The summed E-state index contributed by atoms with van der Waals surface area (Å²) in [6.07, 6.45) is -8.34. The average Bonchev–Trinajstić information content (AvgIpc) is 2.00. The zero-order valence-corrected chi connectivity index (χ0v) is 6.92. The van der Waals surface area contributed by atoms with E-state index < -0.39 is 31.2 Å². The van der Waals surface area contributed by atoms with Crippen molar-refractivity contribution in [2.45, 2.75) is 31.2 Å². The summed E-state index contributed by atoms with van der Waals surface area (Å²) in [5, 5.41) is 27.3. The van der Waals surface area contributed by atoms with Crippen molar-refractivity contribution in [2.24, 2.45) is 0 Å². The fourth-order valence-electron chi connectivity index (χ4n) is 0.630. The van der Waals surface area contributed by atoms with Gasteiger partial charge in [-0.1, -0.05) is 12.2 Å². The highest BCUT2D eigenvalue weighted by Crippen LogP contribution is 2.09. The van der Waals surface area contributed by atoms with Crippen LogP contribution in [0.2, 0.25) is 0 Å². The van der Waals surface area contributed by atoms with E-state index in [0.717, 1.165) is 5.37 Å². The number of halogens is 2. The van der Waals surface area contributed by atoms with Gasteiger partial charge in [-0.2, -0.15) is 0 Å². The molecule has 0 unspecified atom stereocenters. The summed E-state index contributed by atoms with van der Waals surface area (Å²) >= 11 is 4.25. The lowest BCUT2D eigenvalue weighted by molar-refractivity contribution is -0.0559. The van der Waals surface area contributed by atoms with E-state index in [1.54, 1.807) is 0 Å². The molecular formula is C6H10F2O3S. The van der Waals surface area contributed by atoms with Gasteiger partial charge in [-0.15, -0.1) is 0 Å². The lowest BCUT2D eigenvalue weighted by Crippen LogP contribution is -2.38. The van der Waals surface area contributed by atoms with Crippen molar-refractivity contribution < 1.29 is 24.1 Å². The lowest BCUT2D eigenvalue weighted by atomic mass is 10.1. The van der Waals surface area contributed by atoms with Crippen molar-refractivity contribution in [3.05, 3.63) is 0 Å². The maximum atomic E-state index is 11.6. The van der Waals surface area contributed by atoms with Crippen LogP contribution in [-0.2, 0) is 0 Å². The van der Waals surface area contributed by atoms with Crippen LogP contribution in [0.25, 0.3) is 0 Å². The predicted molar refractivity (Wildman–Crippen MR) is 42.3 cm³/mol. The Kier molecular flexibility index (Phi) is 5.39. The Morgan fingerprint density at radius 2 is 1.75 bits per heavy atom. The fraction of sp³-hybridized carbons (Fsp3) is 0.833. The summed E-state index contributed by atoms with van der Waals surface area (Å²) in [7, 11) is 0. The molecule has 6 heteroatoms. The standard InChI is InChI=1S/C6H10F2O3S/c7-5(8)1-3(9)6(11)4(10)2-12/h2-6,9-11H,1H2/t3-,4+,6-/m1/s1. The first kappa shape index (κ1) is 11.8. The first-order valence-electron chi connectivity index (χ1n) is 3.26. The molecule has 0 amide bonds. The second kappa shape index (κ2) is 5.47. The van der Waals surface area contributed by atoms with Gasteiger partial charge in [-0.25, -0.2) is 8.78 Å². The summed E-state index contributed by atoms with van der Waals surface area (Å²) in [6.45, 7) is 0. The van der Waals surface area contributed by atoms with E-state index in [4.69, 9.17) is 15.3 Å². The number of hydrogen-bond acceptors (Lipinski definition) is 4. The Balaban J connectivity index is 3.91. The predicted octanol–water partition coefficient (Wildman–Crippen LogP) is -0.276. The molecule has 0 aromatic carbocycles. The van der Waals surface area contributed by atoms with Gasteiger partial charge in [0.05, 0.1) is 6.10 Å². The van der Waals surface area contributed by atoms with Crippen molar-refractivity contribution in [2.75, 3.05) is 0 Å². The molecule has 0 aliphatic carbocycles. The van der Waals surface area contributed by atoms with Gasteiger partial charge >= 0.3 is 0 Å². The van der Waals surface area contributed by atoms with Crippen molar-refractivity contribution in [3.8, 4) is 0 Å². The quantitative estimate of drug-likeness (QED) is 0.534. The normalized spacial score (nSPS) is 18.8. The molecule has 12 heavy (non-hydrogen) atoms. The van der Waals surface area contributed by atoms with Crippen molar-refractivity contribution in [3.63, 3.8) is 0 Å². The van der Waals surface area contributed by atoms with Crippen LogP contribution >= 0.6 is 12.2 Å². The molecule has 0 spiro atoms. The Bertz CT molecular complexity index is 145. The first-order chi connectivity index (χ1) is 5.49. The van der Waals surface area contributed by atoms with Gasteiger partial charge in [0.25, 0.3) is 0 Å². The Hall–Kier alpha value is -0.170. The van der Waals surface area contributed by atoms with Gasteiger partial charge < -0.3 is 15.3 Å². The van der Waals surface area contributed by atoms with Crippen molar-refractivity contribution in [1.29, 1.82) is 0 Å². The minimum Gasteiger partial charge on any atom is -0.390 e. The Labute approximate surface area is 73.6 Å². The third kappa shape index (κ3) is 4.01. The molecule has 0 saturated heterocycles. The highest BCUT2D eigenvalue weighted by Gasteiger charge is 2.25. The number of rotatable bonds is 5. The van der Waals surface area contributed by atoms with Crippen molar-refractivity contribution >= 4 is 17.6 Å². The highest BCUT2D eigenvalue weighted by molar-refractivity contribution is 7.79. The molecule has 3 N–H and O–H groups in total. The molecule has 0 fully saturated rings. The highest BCUT2D eigenvalue weighted by atomic mass is 32.1. The van der Waals surface area contributed by atoms with E-state index in [9.17, 15) is 8.78 Å². The smallest absolute Gasteiger partial charge is 0.241 e. The molecule has 0 aromatic heterocycles. The maximum Gasteiger partial charge on any atom is 0.241 e. The molecule has 0 bridgehead atoms. The second-order valence-corrected chi connectivity index (χ2v) is 2.58. The summed E-state index contributed by atoms with van der Waals surface area (Å²) in [6, 6.07) is 0. The monoisotopic (exact) mass is 200 g/mol. The average molecular weight is 200 g/mol.